The van der Waals surface area contributed by atoms with E-state index >= 15 is 0 Å². The van der Waals surface area contributed by atoms with Crippen LogP contribution in [0.2, 0.25) is 0 Å². The SMILES string of the molecule is Nc1nc2cc(F)ccc2n1Cc1cc(Br)cs1. The van der Waals surface area contributed by atoms with E-state index in [1.165, 1.54) is 12.1 Å². The lowest BCUT2D eigenvalue weighted by Crippen LogP contribution is -2.03. The molecule has 0 amide bonds. The first-order valence-electron chi connectivity index (χ1n) is 5.27. The molecule has 3 rings (SSSR count). The maximum atomic E-state index is 13.1. The zero-order valence-corrected chi connectivity index (χ0v) is 11.6. The highest BCUT2D eigenvalue weighted by atomic mass is 79.9. The van der Waals surface area contributed by atoms with Crippen molar-refractivity contribution >= 4 is 44.2 Å². The van der Waals surface area contributed by atoms with Crippen molar-refractivity contribution in [2.45, 2.75) is 6.54 Å². The third-order valence-corrected chi connectivity index (χ3v) is 4.36. The van der Waals surface area contributed by atoms with E-state index in [0.29, 0.717) is 18.0 Å². The van der Waals surface area contributed by atoms with Gasteiger partial charge in [-0.2, -0.15) is 0 Å². The normalized spacial score (nSPS) is 11.2. The maximum absolute atomic E-state index is 13.1. The van der Waals surface area contributed by atoms with Crippen LogP contribution in [0, 0.1) is 5.82 Å². The Hall–Kier alpha value is -1.40. The lowest BCUT2D eigenvalue weighted by molar-refractivity contribution is 0.629. The third kappa shape index (κ3) is 2.02. The molecule has 3 nitrogen and oxygen atoms in total. The summed E-state index contributed by atoms with van der Waals surface area (Å²) in [7, 11) is 0. The van der Waals surface area contributed by atoms with Crippen LogP contribution in [-0.2, 0) is 6.54 Å². The molecule has 3 aromatic rings. The van der Waals surface area contributed by atoms with Crippen LogP contribution >= 0.6 is 27.3 Å². The Kier molecular flexibility index (Phi) is 2.83. The Morgan fingerprint density at radius 1 is 1.39 bits per heavy atom. The van der Waals surface area contributed by atoms with Crippen molar-refractivity contribution in [3.63, 3.8) is 0 Å². The standard InChI is InChI=1S/C12H9BrFN3S/c13-7-3-9(18-6-7)5-17-11-2-1-8(14)4-10(11)16-12(17)15/h1-4,6H,5H2,(H2,15,16). The molecule has 0 aliphatic carbocycles. The quantitative estimate of drug-likeness (QED) is 0.781. The summed E-state index contributed by atoms with van der Waals surface area (Å²) < 4.78 is 16.0. The Morgan fingerprint density at radius 3 is 2.94 bits per heavy atom. The zero-order chi connectivity index (χ0) is 12.7. The van der Waals surface area contributed by atoms with Gasteiger partial charge in [0.15, 0.2) is 0 Å². The van der Waals surface area contributed by atoms with Gasteiger partial charge in [0.05, 0.1) is 17.6 Å². The molecule has 0 bridgehead atoms. The largest absolute Gasteiger partial charge is 0.369 e. The first-order chi connectivity index (χ1) is 8.63. The van der Waals surface area contributed by atoms with Crippen molar-refractivity contribution in [1.82, 2.24) is 9.55 Å². The van der Waals surface area contributed by atoms with Gasteiger partial charge in [-0.3, -0.25) is 0 Å². The van der Waals surface area contributed by atoms with Crippen molar-refractivity contribution in [1.29, 1.82) is 0 Å². The van der Waals surface area contributed by atoms with E-state index in [1.54, 1.807) is 17.4 Å². The van der Waals surface area contributed by atoms with Gasteiger partial charge in [-0.1, -0.05) is 0 Å². The minimum Gasteiger partial charge on any atom is -0.369 e. The van der Waals surface area contributed by atoms with Crippen LogP contribution in [0.3, 0.4) is 0 Å². The number of hydrogen-bond acceptors (Lipinski definition) is 3. The first kappa shape index (κ1) is 11.7. The van der Waals surface area contributed by atoms with E-state index in [2.05, 4.69) is 20.9 Å². The van der Waals surface area contributed by atoms with E-state index in [4.69, 9.17) is 5.73 Å². The summed E-state index contributed by atoms with van der Waals surface area (Å²) in [4.78, 5) is 5.33. The monoisotopic (exact) mass is 325 g/mol. The highest BCUT2D eigenvalue weighted by Crippen LogP contribution is 2.24. The lowest BCUT2D eigenvalue weighted by Gasteiger charge is -2.04. The van der Waals surface area contributed by atoms with Gasteiger partial charge in [-0.15, -0.1) is 11.3 Å². The summed E-state index contributed by atoms with van der Waals surface area (Å²) in [6.45, 7) is 0.643. The summed E-state index contributed by atoms with van der Waals surface area (Å²) in [6.07, 6.45) is 0. The fraction of sp³-hybridized carbons (Fsp3) is 0.0833. The lowest BCUT2D eigenvalue weighted by atomic mass is 10.3. The number of rotatable bonds is 2. The second-order valence-corrected chi connectivity index (χ2v) is 5.83. The van der Waals surface area contributed by atoms with Crippen molar-refractivity contribution in [2.75, 3.05) is 5.73 Å². The fourth-order valence-electron chi connectivity index (χ4n) is 1.88. The van der Waals surface area contributed by atoms with Gasteiger partial charge in [0.25, 0.3) is 0 Å². The van der Waals surface area contributed by atoms with Crippen LogP contribution in [0.15, 0.2) is 34.1 Å². The summed E-state index contributed by atoms with van der Waals surface area (Å²) in [5.41, 5.74) is 7.31. The average molecular weight is 326 g/mol. The van der Waals surface area contributed by atoms with E-state index in [1.807, 2.05) is 16.0 Å². The van der Waals surface area contributed by atoms with E-state index in [-0.39, 0.29) is 5.82 Å². The second-order valence-electron chi connectivity index (χ2n) is 3.92. The van der Waals surface area contributed by atoms with Crippen LogP contribution < -0.4 is 5.73 Å². The number of fused-ring (bicyclic) bond motifs is 1. The minimum atomic E-state index is -0.300. The van der Waals surface area contributed by atoms with Crippen molar-refractivity contribution in [3.8, 4) is 0 Å². The molecule has 0 saturated carbocycles. The molecule has 0 aliphatic heterocycles. The fourth-order valence-corrected chi connectivity index (χ4v) is 3.32. The number of nitrogens with zero attached hydrogens (tertiary/aromatic N) is 2. The van der Waals surface area contributed by atoms with E-state index in [0.717, 1.165) is 14.9 Å². The molecule has 2 aromatic heterocycles. The van der Waals surface area contributed by atoms with Crippen LogP contribution in [-0.4, -0.2) is 9.55 Å². The van der Waals surface area contributed by atoms with Gasteiger partial charge < -0.3 is 10.3 Å². The summed E-state index contributed by atoms with van der Waals surface area (Å²) >= 11 is 5.06. The Morgan fingerprint density at radius 2 is 2.22 bits per heavy atom. The molecule has 92 valence electrons. The van der Waals surface area contributed by atoms with Crippen LogP contribution in [0.1, 0.15) is 4.88 Å². The summed E-state index contributed by atoms with van der Waals surface area (Å²) in [5.74, 6) is 0.103. The van der Waals surface area contributed by atoms with Gasteiger partial charge in [0, 0.05) is 20.8 Å². The molecule has 6 heteroatoms. The molecule has 0 aliphatic rings. The molecule has 1 aromatic carbocycles. The van der Waals surface area contributed by atoms with Gasteiger partial charge in [0.2, 0.25) is 5.95 Å². The number of hydrogen-bond donors (Lipinski definition) is 1. The highest BCUT2D eigenvalue weighted by molar-refractivity contribution is 9.10. The molecule has 2 heterocycles. The number of nitrogen functional groups attached to an aromatic ring is 1. The van der Waals surface area contributed by atoms with Crippen LogP contribution in [0.25, 0.3) is 11.0 Å². The van der Waals surface area contributed by atoms with Crippen molar-refractivity contribution in [3.05, 3.63) is 44.8 Å². The molecular formula is C12H9BrFN3S. The predicted molar refractivity (Wildman–Crippen MR) is 75.2 cm³/mol. The third-order valence-electron chi connectivity index (χ3n) is 2.68. The van der Waals surface area contributed by atoms with Gasteiger partial charge in [-0.25, -0.2) is 9.37 Å². The summed E-state index contributed by atoms with van der Waals surface area (Å²) in [5, 5.41) is 2.02. The molecule has 0 atom stereocenters. The molecule has 0 fully saturated rings. The van der Waals surface area contributed by atoms with Gasteiger partial charge >= 0.3 is 0 Å². The van der Waals surface area contributed by atoms with E-state index in [9.17, 15) is 4.39 Å². The molecule has 2 N–H and O–H groups in total. The van der Waals surface area contributed by atoms with Gasteiger partial charge in [-0.05, 0) is 34.1 Å². The second kappa shape index (κ2) is 4.37. The summed E-state index contributed by atoms with van der Waals surface area (Å²) in [6, 6.07) is 6.56. The molecule has 18 heavy (non-hydrogen) atoms. The number of imidazole rings is 1. The van der Waals surface area contributed by atoms with Crippen LogP contribution in [0.4, 0.5) is 10.3 Å². The number of nitrogens with two attached hydrogens (primary N) is 1. The Labute approximate surface area is 115 Å². The number of thiophene rings is 1. The highest BCUT2D eigenvalue weighted by Gasteiger charge is 2.10. The average Bonchev–Trinajstić information content (AvgIpc) is 2.84. The maximum Gasteiger partial charge on any atom is 0.201 e. The molecule has 0 radical (unpaired) electrons. The van der Waals surface area contributed by atoms with Crippen LogP contribution in [0.5, 0.6) is 0 Å². The van der Waals surface area contributed by atoms with Gasteiger partial charge in [0.1, 0.15) is 5.82 Å². The number of aromatic nitrogens is 2. The minimum absolute atomic E-state index is 0.300. The number of halogens is 2. The molecule has 0 spiro atoms. The van der Waals surface area contributed by atoms with Crippen molar-refractivity contribution in [2.24, 2.45) is 0 Å². The van der Waals surface area contributed by atoms with Crippen molar-refractivity contribution < 1.29 is 4.39 Å². The number of anilines is 1. The van der Waals surface area contributed by atoms with E-state index < -0.39 is 0 Å². The Balaban J connectivity index is 2.08. The molecular weight excluding hydrogens is 317 g/mol. The predicted octanol–water partition coefficient (Wildman–Crippen LogP) is 3.63. The molecule has 0 unspecified atom stereocenters. The smallest absolute Gasteiger partial charge is 0.201 e. The first-order valence-corrected chi connectivity index (χ1v) is 6.95. The topological polar surface area (TPSA) is 43.8 Å². The number of benzene rings is 1. The molecule has 0 saturated heterocycles. The Bertz CT molecular complexity index is 719. The zero-order valence-electron chi connectivity index (χ0n) is 9.23.